The van der Waals surface area contributed by atoms with Gasteiger partial charge >= 0.3 is 5.69 Å². The Balaban J connectivity index is 1.71. The molecule has 3 N–H and O–H groups in total. The predicted octanol–water partition coefficient (Wildman–Crippen LogP) is 0.913. The largest absolute Gasteiger partial charge is 0.390 e. The molecule has 3 rings (SSSR count). The number of anilines is 1. The molecule has 7 nitrogen and oxygen atoms in total. The van der Waals surface area contributed by atoms with E-state index in [1.165, 1.54) is 29.0 Å². The minimum absolute atomic E-state index is 0.125. The molecule has 1 aliphatic heterocycles. The molecule has 0 saturated carbocycles. The first-order valence-corrected chi connectivity index (χ1v) is 7.50. The molecule has 2 aromatic rings. The molecule has 3 atom stereocenters. The highest BCUT2D eigenvalue weighted by molar-refractivity contribution is 6.04. The van der Waals surface area contributed by atoms with Gasteiger partial charge in [-0.2, -0.15) is 4.98 Å². The lowest BCUT2D eigenvalue weighted by Gasteiger charge is -2.13. The highest BCUT2D eigenvalue weighted by atomic mass is 16.5. The van der Waals surface area contributed by atoms with Crippen LogP contribution < -0.4 is 11.4 Å². The van der Waals surface area contributed by atoms with Gasteiger partial charge in [0.15, 0.2) is 5.78 Å². The second-order valence-electron chi connectivity index (χ2n) is 5.49. The number of aliphatic hydroxyl groups excluding tert-OH is 1. The third-order valence-electron chi connectivity index (χ3n) is 3.79. The maximum atomic E-state index is 12.0. The Labute approximate surface area is 138 Å². The quantitative estimate of drug-likeness (QED) is 0.638. The number of ether oxygens (including phenoxy) is 1. The van der Waals surface area contributed by atoms with E-state index in [9.17, 15) is 14.7 Å². The van der Waals surface area contributed by atoms with Crippen molar-refractivity contribution >= 4 is 11.6 Å². The highest BCUT2D eigenvalue weighted by Crippen LogP contribution is 2.28. The number of carbonyl (C=O) groups is 1. The fourth-order valence-electron chi connectivity index (χ4n) is 2.55. The van der Waals surface area contributed by atoms with Gasteiger partial charge in [-0.1, -0.05) is 30.3 Å². The Bertz CT molecular complexity index is 816. The molecule has 1 saturated heterocycles. The van der Waals surface area contributed by atoms with E-state index in [-0.39, 0.29) is 18.0 Å². The van der Waals surface area contributed by atoms with Crippen molar-refractivity contribution in [2.75, 3.05) is 5.73 Å². The summed E-state index contributed by atoms with van der Waals surface area (Å²) in [6.45, 7) is 0. The van der Waals surface area contributed by atoms with Crippen molar-refractivity contribution in [3.63, 3.8) is 0 Å². The van der Waals surface area contributed by atoms with Crippen molar-refractivity contribution in [2.45, 2.75) is 24.9 Å². The zero-order valence-electron chi connectivity index (χ0n) is 12.8. The molecule has 1 aliphatic rings. The topological polar surface area (TPSA) is 107 Å². The Morgan fingerprint density at radius 2 is 2.08 bits per heavy atom. The van der Waals surface area contributed by atoms with Crippen LogP contribution in [0.2, 0.25) is 0 Å². The molecule has 0 bridgehead atoms. The van der Waals surface area contributed by atoms with Crippen LogP contribution in [0.25, 0.3) is 0 Å². The summed E-state index contributed by atoms with van der Waals surface area (Å²) < 4.78 is 6.93. The van der Waals surface area contributed by atoms with E-state index in [1.54, 1.807) is 24.3 Å². The number of nitrogens with zero attached hydrogens (tertiary/aromatic N) is 2. The van der Waals surface area contributed by atoms with Gasteiger partial charge in [-0.3, -0.25) is 9.36 Å². The second-order valence-corrected chi connectivity index (χ2v) is 5.49. The average molecular weight is 327 g/mol. The molecule has 1 aromatic heterocycles. The highest BCUT2D eigenvalue weighted by Gasteiger charge is 2.34. The van der Waals surface area contributed by atoms with Crippen LogP contribution in [0.1, 0.15) is 23.0 Å². The van der Waals surface area contributed by atoms with Crippen LogP contribution in [-0.2, 0) is 4.74 Å². The lowest BCUT2D eigenvalue weighted by Crippen LogP contribution is -2.27. The summed E-state index contributed by atoms with van der Waals surface area (Å²) in [6.07, 6.45) is 2.43. The smallest absolute Gasteiger partial charge is 0.351 e. The zero-order valence-corrected chi connectivity index (χ0v) is 12.8. The van der Waals surface area contributed by atoms with Gasteiger partial charge in [0.25, 0.3) is 0 Å². The minimum Gasteiger partial charge on any atom is -0.390 e. The summed E-state index contributed by atoms with van der Waals surface area (Å²) in [5, 5.41) is 10.1. The van der Waals surface area contributed by atoms with Crippen molar-refractivity contribution in [3.05, 3.63) is 70.8 Å². The minimum atomic E-state index is -0.820. The van der Waals surface area contributed by atoms with E-state index < -0.39 is 24.1 Å². The molecule has 0 spiro atoms. The summed E-state index contributed by atoms with van der Waals surface area (Å²) in [7, 11) is 0. The zero-order chi connectivity index (χ0) is 17.1. The molecule has 1 aromatic carbocycles. The lowest BCUT2D eigenvalue weighted by atomic mass is 10.1. The summed E-state index contributed by atoms with van der Waals surface area (Å²) in [5.74, 6) is -0.0548. The van der Waals surface area contributed by atoms with E-state index in [0.717, 1.165) is 0 Å². The average Bonchev–Trinajstić information content (AvgIpc) is 2.94. The lowest BCUT2D eigenvalue weighted by molar-refractivity contribution is 0.00485. The summed E-state index contributed by atoms with van der Waals surface area (Å²) in [4.78, 5) is 27.5. The molecule has 1 fully saturated rings. The van der Waals surface area contributed by atoms with Crippen LogP contribution in [0.15, 0.2) is 59.5 Å². The standard InChI is InChI=1S/C17H17N3O4/c18-15-8-9-20(17(23)19-15)16-10-13(22)14(24-16)7-6-12(21)11-4-2-1-3-5-11/h1-9,13-14,16,22H,10H2,(H2,18,19,23)/b7-6+/t13-,14+,16+/m0/s1. The fraction of sp³-hybridized carbons (Fsp3) is 0.235. The number of hydrogen-bond acceptors (Lipinski definition) is 6. The van der Waals surface area contributed by atoms with Crippen LogP contribution in [0.4, 0.5) is 5.82 Å². The van der Waals surface area contributed by atoms with Gasteiger partial charge < -0.3 is 15.6 Å². The van der Waals surface area contributed by atoms with Crippen molar-refractivity contribution < 1.29 is 14.6 Å². The van der Waals surface area contributed by atoms with Crippen molar-refractivity contribution in [1.29, 1.82) is 0 Å². The van der Waals surface area contributed by atoms with Crippen LogP contribution in [0.3, 0.4) is 0 Å². The molecular formula is C17H17N3O4. The molecule has 0 amide bonds. The predicted molar refractivity (Wildman–Crippen MR) is 87.4 cm³/mol. The molecular weight excluding hydrogens is 310 g/mol. The Hall–Kier alpha value is -2.77. The third-order valence-corrected chi connectivity index (χ3v) is 3.79. The number of allylic oxidation sites excluding steroid dienone is 1. The molecule has 0 unspecified atom stereocenters. The molecule has 0 radical (unpaired) electrons. The third kappa shape index (κ3) is 3.42. The molecule has 2 heterocycles. The summed E-state index contributed by atoms with van der Waals surface area (Å²) in [6, 6.07) is 10.3. The first kappa shape index (κ1) is 16.1. The number of carbonyl (C=O) groups excluding carboxylic acids is 1. The number of aliphatic hydroxyl groups is 1. The van der Waals surface area contributed by atoms with E-state index >= 15 is 0 Å². The van der Waals surface area contributed by atoms with Crippen molar-refractivity contribution in [2.24, 2.45) is 0 Å². The van der Waals surface area contributed by atoms with Crippen LogP contribution >= 0.6 is 0 Å². The normalized spacial score (nSPS) is 23.6. The first-order valence-electron chi connectivity index (χ1n) is 7.50. The number of nitrogens with two attached hydrogens (primary N) is 1. The van der Waals surface area contributed by atoms with Crippen LogP contribution in [0, 0.1) is 0 Å². The molecule has 7 heteroatoms. The molecule has 24 heavy (non-hydrogen) atoms. The van der Waals surface area contributed by atoms with Crippen molar-refractivity contribution in [3.8, 4) is 0 Å². The van der Waals surface area contributed by atoms with Gasteiger partial charge in [0, 0.05) is 18.2 Å². The van der Waals surface area contributed by atoms with Crippen molar-refractivity contribution in [1.82, 2.24) is 9.55 Å². The van der Waals surface area contributed by atoms with Gasteiger partial charge in [0.05, 0.1) is 6.10 Å². The summed E-state index contributed by atoms with van der Waals surface area (Å²) in [5.41, 5.74) is 5.46. The number of ketones is 1. The molecule has 0 aliphatic carbocycles. The van der Waals surface area contributed by atoms with Gasteiger partial charge in [0.2, 0.25) is 0 Å². The number of nitrogen functional groups attached to an aromatic ring is 1. The van der Waals surface area contributed by atoms with E-state index in [4.69, 9.17) is 10.5 Å². The van der Waals surface area contributed by atoms with Gasteiger partial charge in [-0.05, 0) is 18.2 Å². The maximum Gasteiger partial charge on any atom is 0.351 e. The van der Waals surface area contributed by atoms with E-state index in [2.05, 4.69) is 4.98 Å². The summed E-state index contributed by atoms with van der Waals surface area (Å²) >= 11 is 0. The maximum absolute atomic E-state index is 12.0. The van der Waals surface area contributed by atoms with Gasteiger partial charge in [-0.25, -0.2) is 4.79 Å². The number of benzene rings is 1. The second kappa shape index (κ2) is 6.77. The number of aromatic nitrogens is 2. The van der Waals surface area contributed by atoms with Crippen LogP contribution in [-0.4, -0.2) is 32.6 Å². The van der Waals surface area contributed by atoms with Crippen LogP contribution in [0.5, 0.6) is 0 Å². The Morgan fingerprint density at radius 1 is 1.33 bits per heavy atom. The van der Waals surface area contributed by atoms with E-state index in [1.807, 2.05) is 6.07 Å². The Morgan fingerprint density at radius 3 is 2.79 bits per heavy atom. The first-order chi connectivity index (χ1) is 11.5. The molecule has 124 valence electrons. The Kier molecular flexibility index (Phi) is 4.54. The number of hydrogen-bond donors (Lipinski definition) is 2. The van der Waals surface area contributed by atoms with Gasteiger partial charge in [-0.15, -0.1) is 0 Å². The monoisotopic (exact) mass is 327 g/mol. The number of rotatable bonds is 4. The SMILES string of the molecule is Nc1ccn([C@H]2C[C@H](O)[C@@H](/C=C/C(=O)c3ccccc3)O2)c(=O)n1. The van der Waals surface area contributed by atoms with E-state index in [0.29, 0.717) is 5.56 Å². The van der Waals surface area contributed by atoms with Gasteiger partial charge in [0.1, 0.15) is 18.1 Å². The fourth-order valence-corrected chi connectivity index (χ4v) is 2.55.